The molecule has 1 N–H and O–H groups in total. The van der Waals surface area contributed by atoms with E-state index in [2.05, 4.69) is 11.2 Å². The predicted octanol–water partition coefficient (Wildman–Crippen LogP) is 1.38. The largest absolute Gasteiger partial charge is 0.493 e. The van der Waals surface area contributed by atoms with Crippen LogP contribution in [0.4, 0.5) is 0 Å². The summed E-state index contributed by atoms with van der Waals surface area (Å²) >= 11 is 0. The second kappa shape index (κ2) is 11.4. The first-order chi connectivity index (χ1) is 11.2. The first kappa shape index (κ1) is 18.8. The van der Waals surface area contributed by atoms with Gasteiger partial charge in [-0.05, 0) is 31.0 Å². The Morgan fingerprint density at radius 1 is 1.30 bits per heavy atom. The van der Waals surface area contributed by atoms with E-state index in [-0.39, 0.29) is 25.9 Å². The van der Waals surface area contributed by atoms with Crippen LogP contribution in [0.3, 0.4) is 0 Å². The van der Waals surface area contributed by atoms with Crippen LogP contribution in [0, 0.1) is 12.3 Å². The summed E-state index contributed by atoms with van der Waals surface area (Å²) in [7, 11) is 1.57. The summed E-state index contributed by atoms with van der Waals surface area (Å²) in [4.78, 5) is 11.5. The first-order valence-corrected chi connectivity index (χ1v) is 7.36. The molecule has 6 heteroatoms. The van der Waals surface area contributed by atoms with Crippen LogP contribution in [0.25, 0.3) is 0 Å². The Balaban J connectivity index is 2.37. The highest BCUT2D eigenvalue weighted by molar-refractivity contribution is 5.77. The molecule has 0 aliphatic rings. The molecule has 0 fully saturated rings. The van der Waals surface area contributed by atoms with Gasteiger partial charge in [0.1, 0.15) is 20.0 Å². The Morgan fingerprint density at radius 3 is 2.83 bits per heavy atom. The molecular weight excluding hydrogens is 298 g/mol. The van der Waals surface area contributed by atoms with Gasteiger partial charge in [0.15, 0.2) is 11.5 Å². The quantitative estimate of drug-likeness (QED) is 0.379. The molecule has 0 spiro atoms. The highest BCUT2D eigenvalue weighted by atomic mass is 16.7. The van der Waals surface area contributed by atoms with Crippen molar-refractivity contribution >= 4 is 5.91 Å². The summed E-state index contributed by atoms with van der Waals surface area (Å²) in [6.45, 7) is 3.23. The van der Waals surface area contributed by atoms with E-state index in [1.807, 2.05) is 19.1 Å². The van der Waals surface area contributed by atoms with Crippen molar-refractivity contribution in [1.82, 2.24) is 5.32 Å². The number of nitrogens with one attached hydrogen (secondary N) is 1. The van der Waals surface area contributed by atoms with Gasteiger partial charge in [0, 0.05) is 13.2 Å². The third kappa shape index (κ3) is 7.54. The predicted molar refractivity (Wildman–Crippen MR) is 86.5 cm³/mol. The molecule has 6 nitrogen and oxygen atoms in total. The average Bonchev–Trinajstić information content (AvgIpc) is 2.57. The van der Waals surface area contributed by atoms with Crippen molar-refractivity contribution in [3.63, 3.8) is 0 Å². The van der Waals surface area contributed by atoms with Gasteiger partial charge in [0.05, 0.1) is 7.11 Å². The van der Waals surface area contributed by atoms with Crippen molar-refractivity contribution < 1.29 is 23.7 Å². The fraction of sp³-hybridized carbons (Fsp3) is 0.471. The molecule has 0 radical (unpaired) electrons. The minimum atomic E-state index is -0.175. The van der Waals surface area contributed by atoms with Gasteiger partial charge >= 0.3 is 0 Å². The monoisotopic (exact) mass is 321 g/mol. The van der Waals surface area contributed by atoms with E-state index < -0.39 is 0 Å². The van der Waals surface area contributed by atoms with Gasteiger partial charge in [-0.3, -0.25) is 4.79 Å². The van der Waals surface area contributed by atoms with Crippen molar-refractivity contribution in [2.75, 3.05) is 40.3 Å². The Labute approximate surface area is 137 Å². The fourth-order valence-electron chi connectivity index (χ4n) is 1.78. The molecule has 0 bridgehead atoms. The van der Waals surface area contributed by atoms with E-state index in [1.54, 1.807) is 13.2 Å². The van der Waals surface area contributed by atoms with Crippen LogP contribution in [0.2, 0.25) is 0 Å². The van der Waals surface area contributed by atoms with Gasteiger partial charge in [0.25, 0.3) is 0 Å². The molecule has 0 aliphatic carbocycles. The van der Waals surface area contributed by atoms with Gasteiger partial charge < -0.3 is 24.3 Å². The highest BCUT2D eigenvalue weighted by Crippen LogP contribution is 2.28. The molecule has 126 valence electrons. The maximum atomic E-state index is 11.5. The number of benzene rings is 1. The molecule has 0 heterocycles. The first-order valence-electron chi connectivity index (χ1n) is 7.36. The Bertz CT molecular complexity index is 524. The minimum Gasteiger partial charge on any atom is -0.493 e. The van der Waals surface area contributed by atoms with Gasteiger partial charge in [-0.1, -0.05) is 12.0 Å². The second-order valence-corrected chi connectivity index (χ2v) is 4.54. The molecule has 0 saturated heterocycles. The zero-order valence-corrected chi connectivity index (χ0v) is 13.6. The van der Waals surface area contributed by atoms with Gasteiger partial charge in [0.2, 0.25) is 5.91 Å². The molecule has 0 aromatic heterocycles. The lowest BCUT2D eigenvalue weighted by Gasteiger charge is -2.11. The zero-order chi connectivity index (χ0) is 16.9. The lowest BCUT2D eigenvalue weighted by Crippen LogP contribution is -2.29. The summed E-state index contributed by atoms with van der Waals surface area (Å²) in [6.07, 6.45) is 5.84. The molecule has 0 atom stereocenters. The molecule has 1 aromatic carbocycles. The number of hydrogen-bond acceptors (Lipinski definition) is 5. The molecule has 0 aliphatic heterocycles. The highest BCUT2D eigenvalue weighted by Gasteiger charge is 2.06. The molecule has 1 aromatic rings. The number of rotatable bonds is 11. The van der Waals surface area contributed by atoms with Crippen LogP contribution in [-0.2, 0) is 20.7 Å². The number of ether oxygens (including phenoxy) is 4. The van der Waals surface area contributed by atoms with Gasteiger partial charge in [-0.2, -0.15) is 0 Å². The van der Waals surface area contributed by atoms with Crippen molar-refractivity contribution in [3.8, 4) is 23.8 Å². The van der Waals surface area contributed by atoms with E-state index in [1.165, 1.54) is 0 Å². The summed E-state index contributed by atoms with van der Waals surface area (Å²) in [5.41, 5.74) is 1.02. The van der Waals surface area contributed by atoms with E-state index in [9.17, 15) is 4.79 Å². The minimum absolute atomic E-state index is 0.0117. The van der Waals surface area contributed by atoms with E-state index in [0.717, 1.165) is 5.56 Å². The van der Waals surface area contributed by atoms with E-state index >= 15 is 0 Å². The van der Waals surface area contributed by atoms with Crippen molar-refractivity contribution in [2.45, 2.75) is 13.3 Å². The molecule has 23 heavy (non-hydrogen) atoms. The smallest absolute Gasteiger partial charge is 0.246 e. The lowest BCUT2D eigenvalue weighted by molar-refractivity contribution is -0.131. The maximum absolute atomic E-state index is 11.5. The third-order valence-electron chi connectivity index (χ3n) is 2.88. The average molecular weight is 321 g/mol. The number of hydrogen-bond donors (Lipinski definition) is 1. The molecule has 1 rings (SSSR count). The van der Waals surface area contributed by atoms with E-state index in [0.29, 0.717) is 31.1 Å². The third-order valence-corrected chi connectivity index (χ3v) is 2.88. The SMILES string of the molecule is C#CCOc1ccc(CCNC(=O)COCOCC)cc1OC. The summed E-state index contributed by atoms with van der Waals surface area (Å²) in [5, 5.41) is 2.78. The Kier molecular flexibility index (Phi) is 9.29. The van der Waals surface area contributed by atoms with Crippen LogP contribution in [-0.4, -0.2) is 46.2 Å². The number of carbonyl (C=O) groups is 1. The van der Waals surface area contributed by atoms with Gasteiger partial charge in [-0.15, -0.1) is 6.42 Å². The molecule has 1 amide bonds. The summed E-state index contributed by atoms with van der Waals surface area (Å²) < 4.78 is 20.7. The standard InChI is InChI=1S/C17H23NO5/c1-4-10-23-15-7-6-14(11-16(15)20-3)8-9-18-17(19)12-22-13-21-5-2/h1,6-7,11H,5,8-10,12-13H2,2-3H3,(H,18,19). The number of amides is 1. The molecule has 0 unspecified atom stereocenters. The van der Waals surface area contributed by atoms with Crippen molar-refractivity contribution in [1.29, 1.82) is 0 Å². The van der Waals surface area contributed by atoms with Gasteiger partial charge in [-0.25, -0.2) is 0 Å². The normalized spacial score (nSPS) is 9.96. The van der Waals surface area contributed by atoms with Crippen LogP contribution >= 0.6 is 0 Å². The summed E-state index contributed by atoms with van der Waals surface area (Å²) in [6, 6.07) is 5.58. The molecule has 0 saturated carbocycles. The fourth-order valence-corrected chi connectivity index (χ4v) is 1.78. The van der Waals surface area contributed by atoms with Crippen LogP contribution in [0.1, 0.15) is 12.5 Å². The topological polar surface area (TPSA) is 66.0 Å². The molecular formula is C17H23NO5. The van der Waals surface area contributed by atoms with Crippen molar-refractivity contribution in [2.24, 2.45) is 0 Å². The lowest BCUT2D eigenvalue weighted by atomic mass is 10.1. The Hall–Kier alpha value is -2.23. The maximum Gasteiger partial charge on any atom is 0.246 e. The second-order valence-electron chi connectivity index (χ2n) is 4.54. The number of terminal acetylenes is 1. The van der Waals surface area contributed by atoms with Crippen molar-refractivity contribution in [3.05, 3.63) is 23.8 Å². The van der Waals surface area contributed by atoms with Crippen LogP contribution in [0.5, 0.6) is 11.5 Å². The zero-order valence-electron chi connectivity index (χ0n) is 13.6. The number of carbonyl (C=O) groups excluding carboxylic acids is 1. The summed E-state index contributed by atoms with van der Waals surface area (Å²) in [5.74, 6) is 3.45. The van der Waals surface area contributed by atoms with Crippen LogP contribution in [0.15, 0.2) is 18.2 Å². The van der Waals surface area contributed by atoms with E-state index in [4.69, 9.17) is 25.4 Å². The number of methoxy groups -OCH3 is 1. The van der Waals surface area contributed by atoms with Crippen LogP contribution < -0.4 is 14.8 Å². The Morgan fingerprint density at radius 2 is 2.13 bits per heavy atom.